The second kappa shape index (κ2) is 6.62. The van der Waals surface area contributed by atoms with Gasteiger partial charge in [-0.2, -0.15) is 13.1 Å². The maximum Gasteiger partial charge on any atom is 0.337 e. The van der Waals surface area contributed by atoms with Crippen LogP contribution in [-0.2, 0) is 10.2 Å². The molecule has 0 atom stereocenters. The van der Waals surface area contributed by atoms with Crippen molar-refractivity contribution in [2.45, 2.75) is 12.8 Å². The van der Waals surface area contributed by atoms with Gasteiger partial charge in [-0.25, -0.2) is 14.1 Å². The lowest BCUT2D eigenvalue weighted by Gasteiger charge is -2.29. The molecule has 0 spiro atoms. The average Bonchev–Trinajstić information content (AvgIpc) is 2.60. The number of allylic oxidation sites excluding steroid dienone is 3. The molecule has 0 radical (unpaired) electrons. The summed E-state index contributed by atoms with van der Waals surface area (Å²) in [5.41, 5.74) is 1.03. The fraction of sp³-hybridized carbons (Fsp3) is 0.333. The molecule has 9 heteroatoms. The second-order valence-corrected chi connectivity index (χ2v) is 7.07. The van der Waals surface area contributed by atoms with Crippen molar-refractivity contribution in [3.63, 3.8) is 0 Å². The highest BCUT2D eigenvalue weighted by Crippen LogP contribution is 2.31. The van der Waals surface area contributed by atoms with Crippen LogP contribution in [0.25, 0.3) is 0 Å². The minimum atomic E-state index is -3.83. The standard InChI is InChI=1S/C15H17N3O5S/c19-15(20)12-8-13-14(16-10-12)23-7-6-18(13)24(21,22)17-9-11-4-2-1-3-5-11/h1-2,4,8,10,17H,3,5-7,9H2,(H,19,20). The Labute approximate surface area is 139 Å². The van der Waals surface area contributed by atoms with Crippen molar-refractivity contribution in [1.29, 1.82) is 0 Å². The van der Waals surface area contributed by atoms with E-state index in [2.05, 4.69) is 9.71 Å². The second-order valence-electron chi connectivity index (χ2n) is 5.39. The number of carboxylic acid groups (broad SMARTS) is 1. The number of hydrogen-bond donors (Lipinski definition) is 2. The van der Waals surface area contributed by atoms with Gasteiger partial charge in [-0.15, -0.1) is 0 Å². The first kappa shape index (κ1) is 16.5. The molecule has 2 aliphatic rings. The van der Waals surface area contributed by atoms with Crippen LogP contribution >= 0.6 is 0 Å². The Morgan fingerprint density at radius 3 is 3.00 bits per heavy atom. The third kappa shape index (κ3) is 3.41. The first-order chi connectivity index (χ1) is 11.5. The Balaban J connectivity index is 1.84. The lowest BCUT2D eigenvalue weighted by Crippen LogP contribution is -2.45. The smallest absolute Gasteiger partial charge is 0.337 e. The molecule has 2 N–H and O–H groups in total. The minimum Gasteiger partial charge on any atom is -0.478 e. The average molecular weight is 351 g/mol. The molecule has 0 saturated carbocycles. The van der Waals surface area contributed by atoms with Crippen LogP contribution in [0.1, 0.15) is 23.2 Å². The lowest BCUT2D eigenvalue weighted by atomic mass is 10.1. The van der Waals surface area contributed by atoms with Gasteiger partial charge in [-0.1, -0.05) is 23.8 Å². The summed E-state index contributed by atoms with van der Waals surface area (Å²) in [6.07, 6.45) is 8.66. The Morgan fingerprint density at radius 1 is 1.46 bits per heavy atom. The molecule has 0 unspecified atom stereocenters. The summed E-state index contributed by atoms with van der Waals surface area (Å²) in [4.78, 5) is 15.0. The number of carbonyl (C=O) groups is 1. The highest BCUT2D eigenvalue weighted by atomic mass is 32.2. The van der Waals surface area contributed by atoms with Gasteiger partial charge in [-0.05, 0) is 18.9 Å². The predicted molar refractivity (Wildman–Crippen MR) is 87.4 cm³/mol. The number of ether oxygens (including phenoxy) is 1. The van der Waals surface area contributed by atoms with Gasteiger partial charge in [0.25, 0.3) is 0 Å². The van der Waals surface area contributed by atoms with E-state index in [0.29, 0.717) is 0 Å². The van der Waals surface area contributed by atoms with Gasteiger partial charge in [0.05, 0.1) is 12.1 Å². The molecule has 0 bridgehead atoms. The molecule has 8 nitrogen and oxygen atoms in total. The van der Waals surface area contributed by atoms with Crippen LogP contribution in [0.15, 0.2) is 36.1 Å². The third-order valence-electron chi connectivity index (χ3n) is 3.75. The lowest BCUT2D eigenvalue weighted by molar-refractivity contribution is 0.0696. The molecule has 0 saturated heterocycles. The fourth-order valence-corrected chi connectivity index (χ4v) is 3.73. The van der Waals surface area contributed by atoms with Gasteiger partial charge in [0, 0.05) is 12.7 Å². The van der Waals surface area contributed by atoms with Crippen molar-refractivity contribution in [3.8, 4) is 5.88 Å². The van der Waals surface area contributed by atoms with Crippen LogP contribution in [0, 0.1) is 0 Å². The molecular formula is C15H17N3O5S. The number of anilines is 1. The number of pyridine rings is 1. The molecule has 1 aliphatic carbocycles. The number of hydrogen-bond acceptors (Lipinski definition) is 5. The maximum absolute atomic E-state index is 12.6. The van der Waals surface area contributed by atoms with E-state index in [1.807, 2.05) is 18.2 Å². The highest BCUT2D eigenvalue weighted by molar-refractivity contribution is 7.90. The van der Waals surface area contributed by atoms with E-state index in [-0.39, 0.29) is 36.8 Å². The van der Waals surface area contributed by atoms with Gasteiger partial charge < -0.3 is 9.84 Å². The van der Waals surface area contributed by atoms with Crippen LogP contribution in [-0.4, -0.2) is 44.2 Å². The molecular weight excluding hydrogens is 334 g/mol. The van der Waals surface area contributed by atoms with Crippen molar-refractivity contribution < 1.29 is 23.1 Å². The van der Waals surface area contributed by atoms with Gasteiger partial charge in [0.2, 0.25) is 5.88 Å². The van der Waals surface area contributed by atoms with Crippen molar-refractivity contribution in [2.24, 2.45) is 0 Å². The van der Waals surface area contributed by atoms with Crippen LogP contribution in [0.3, 0.4) is 0 Å². The Bertz CT molecular complexity index is 816. The predicted octanol–water partition coefficient (Wildman–Crippen LogP) is 1.09. The van der Waals surface area contributed by atoms with E-state index in [1.54, 1.807) is 0 Å². The number of nitrogens with zero attached hydrogens (tertiary/aromatic N) is 2. The van der Waals surface area contributed by atoms with Crippen molar-refractivity contribution in [1.82, 2.24) is 9.71 Å². The van der Waals surface area contributed by atoms with Crippen LogP contribution in [0.4, 0.5) is 5.69 Å². The van der Waals surface area contributed by atoms with E-state index >= 15 is 0 Å². The fourth-order valence-electron chi connectivity index (χ4n) is 2.50. The number of nitrogens with one attached hydrogen (secondary N) is 1. The summed E-state index contributed by atoms with van der Waals surface area (Å²) in [7, 11) is -3.83. The quantitative estimate of drug-likeness (QED) is 0.822. The molecule has 0 fully saturated rings. The first-order valence-corrected chi connectivity index (χ1v) is 8.89. The summed E-state index contributed by atoms with van der Waals surface area (Å²) < 4.78 is 34.2. The summed E-state index contributed by atoms with van der Waals surface area (Å²) in [6, 6.07) is 1.26. The molecule has 24 heavy (non-hydrogen) atoms. The zero-order valence-corrected chi connectivity index (χ0v) is 13.6. The zero-order valence-electron chi connectivity index (χ0n) is 12.8. The van der Waals surface area contributed by atoms with E-state index < -0.39 is 16.2 Å². The molecule has 2 heterocycles. The van der Waals surface area contributed by atoms with Crippen molar-refractivity contribution in [3.05, 3.63) is 41.6 Å². The number of aromatic carboxylic acids is 1. The van der Waals surface area contributed by atoms with Crippen molar-refractivity contribution in [2.75, 3.05) is 24.0 Å². The van der Waals surface area contributed by atoms with E-state index in [9.17, 15) is 13.2 Å². The minimum absolute atomic E-state index is 0.0893. The summed E-state index contributed by atoms with van der Waals surface area (Å²) in [6.45, 7) is 0.455. The molecule has 3 rings (SSSR count). The molecule has 0 amide bonds. The first-order valence-electron chi connectivity index (χ1n) is 7.45. The van der Waals surface area contributed by atoms with Crippen LogP contribution in [0.2, 0.25) is 0 Å². The molecule has 1 aromatic rings. The third-order valence-corrected chi connectivity index (χ3v) is 5.22. The van der Waals surface area contributed by atoms with Crippen LogP contribution in [0.5, 0.6) is 5.88 Å². The molecule has 1 aliphatic heterocycles. The molecule has 1 aromatic heterocycles. The zero-order chi connectivity index (χ0) is 17.2. The number of rotatable bonds is 5. The number of fused-ring (bicyclic) bond motifs is 1. The van der Waals surface area contributed by atoms with E-state index in [1.165, 1.54) is 6.07 Å². The molecule has 0 aromatic carbocycles. The molecule has 128 valence electrons. The largest absolute Gasteiger partial charge is 0.478 e. The summed E-state index contributed by atoms with van der Waals surface area (Å²) >= 11 is 0. The summed E-state index contributed by atoms with van der Waals surface area (Å²) in [5, 5.41) is 9.07. The van der Waals surface area contributed by atoms with Crippen LogP contribution < -0.4 is 13.8 Å². The van der Waals surface area contributed by atoms with Gasteiger partial charge in [0.1, 0.15) is 12.3 Å². The van der Waals surface area contributed by atoms with Crippen molar-refractivity contribution >= 4 is 21.9 Å². The van der Waals surface area contributed by atoms with E-state index in [0.717, 1.165) is 28.9 Å². The number of aromatic nitrogens is 1. The Kier molecular flexibility index (Phi) is 4.54. The number of carboxylic acids is 1. The maximum atomic E-state index is 12.6. The van der Waals surface area contributed by atoms with Gasteiger partial charge >= 0.3 is 16.2 Å². The Morgan fingerprint density at radius 2 is 2.29 bits per heavy atom. The van der Waals surface area contributed by atoms with E-state index in [4.69, 9.17) is 9.84 Å². The van der Waals surface area contributed by atoms with Gasteiger partial charge in [-0.3, -0.25) is 0 Å². The topological polar surface area (TPSA) is 109 Å². The van der Waals surface area contributed by atoms with Gasteiger partial charge in [0.15, 0.2) is 0 Å². The Hall–Kier alpha value is -2.39. The summed E-state index contributed by atoms with van der Waals surface area (Å²) in [5.74, 6) is -1.07. The monoisotopic (exact) mass is 351 g/mol. The normalized spacial score (nSPS) is 17.0. The SMILES string of the molecule is O=C(O)c1cnc2c(c1)N(S(=O)(=O)NCC1=CC=CCC1)CCO2. The highest BCUT2D eigenvalue weighted by Gasteiger charge is 2.30.